The van der Waals surface area contributed by atoms with Crippen molar-refractivity contribution >= 4 is 21.3 Å². The lowest BCUT2D eigenvalue weighted by molar-refractivity contribution is -0.00308. The molecule has 0 aliphatic heterocycles. The zero-order valence-corrected chi connectivity index (χ0v) is 21.8. The molecule has 1 saturated carbocycles. The van der Waals surface area contributed by atoms with Gasteiger partial charge in [0.2, 0.25) is 0 Å². The first-order valence-corrected chi connectivity index (χ1v) is 14.3. The lowest BCUT2D eigenvalue weighted by Crippen LogP contribution is -2.24. The Bertz CT molecular complexity index is 1480. The Morgan fingerprint density at radius 2 is 1.76 bits per heavy atom. The van der Waals surface area contributed by atoms with Gasteiger partial charge < -0.3 is 15.2 Å². The van der Waals surface area contributed by atoms with Crippen LogP contribution in [-0.2, 0) is 19.3 Å². The molecule has 0 radical (unpaired) electrons. The minimum atomic E-state index is -3.64. The summed E-state index contributed by atoms with van der Waals surface area (Å²) in [5, 5.41) is 4.39. The highest BCUT2D eigenvalue weighted by Crippen LogP contribution is 2.39. The van der Waals surface area contributed by atoms with E-state index in [0.29, 0.717) is 24.6 Å². The van der Waals surface area contributed by atoms with Gasteiger partial charge in [0, 0.05) is 42.2 Å². The number of fused-ring (bicyclic) bond motifs is 1. The second-order valence-corrected chi connectivity index (χ2v) is 11.4. The third kappa shape index (κ3) is 5.22. The first kappa shape index (κ1) is 25.3. The monoisotopic (exact) mass is 521 g/mol. The maximum absolute atomic E-state index is 12.8. The number of hydrogen-bond acceptors (Lipinski definition) is 8. The molecule has 0 unspecified atom stereocenters. The van der Waals surface area contributed by atoms with E-state index in [-0.39, 0.29) is 22.7 Å². The average Bonchev–Trinajstić information content (AvgIpc) is 3.33. The van der Waals surface area contributed by atoms with E-state index in [1.54, 1.807) is 19.5 Å². The Morgan fingerprint density at radius 3 is 2.41 bits per heavy atom. The lowest BCUT2D eigenvalue weighted by atomic mass is 9.85. The molecule has 1 aliphatic rings. The number of nitrogens with zero attached hydrogens (tertiary/aromatic N) is 4. The molecule has 0 saturated heterocycles. The lowest BCUT2D eigenvalue weighted by Gasteiger charge is -2.29. The fourth-order valence-corrected chi connectivity index (χ4v) is 6.07. The molecule has 4 aromatic rings. The predicted octanol–water partition coefficient (Wildman–Crippen LogP) is 4.13. The number of benzene rings is 1. The van der Waals surface area contributed by atoms with Crippen molar-refractivity contribution in [1.29, 1.82) is 0 Å². The number of anilines is 1. The minimum absolute atomic E-state index is 0.0411. The van der Waals surface area contributed by atoms with Crippen LogP contribution in [0.5, 0.6) is 0 Å². The summed E-state index contributed by atoms with van der Waals surface area (Å²) in [4.78, 5) is 9.59. The van der Waals surface area contributed by atoms with Crippen molar-refractivity contribution in [2.45, 2.75) is 42.6 Å². The Balaban J connectivity index is 1.51. The molecule has 1 aromatic carbocycles. The van der Waals surface area contributed by atoms with E-state index in [0.717, 1.165) is 48.1 Å². The minimum Gasteiger partial charge on any atom is -0.382 e. The number of sulfone groups is 1. The average molecular weight is 522 g/mol. The van der Waals surface area contributed by atoms with Gasteiger partial charge in [-0.05, 0) is 31.7 Å². The first-order valence-electron chi connectivity index (χ1n) is 12.4. The first-order chi connectivity index (χ1) is 17.9. The van der Waals surface area contributed by atoms with E-state index in [1.807, 2.05) is 42.5 Å². The topological polar surface area (TPSA) is 122 Å². The highest BCUT2D eigenvalue weighted by Gasteiger charge is 2.31. The van der Waals surface area contributed by atoms with Gasteiger partial charge in [0.15, 0.2) is 15.5 Å². The number of rotatable bonds is 8. The third-order valence-electron chi connectivity index (χ3n) is 6.88. The SMILES string of the molecule is COCCOC1CCC(c2nc3c(-c4ccc(-c5ccccc5)nc4)cnn3c(N)c2S(C)(=O)=O)CC1. The number of nitrogen functional groups attached to an aromatic ring is 1. The van der Waals surface area contributed by atoms with E-state index in [2.05, 4.69) is 10.1 Å². The van der Waals surface area contributed by atoms with Gasteiger partial charge in [0.25, 0.3) is 0 Å². The van der Waals surface area contributed by atoms with Gasteiger partial charge in [-0.3, -0.25) is 4.98 Å². The van der Waals surface area contributed by atoms with E-state index in [4.69, 9.17) is 20.2 Å². The summed E-state index contributed by atoms with van der Waals surface area (Å²) in [7, 11) is -1.99. The molecule has 0 spiro atoms. The van der Waals surface area contributed by atoms with Gasteiger partial charge in [-0.1, -0.05) is 36.4 Å². The molecule has 37 heavy (non-hydrogen) atoms. The summed E-state index contributed by atoms with van der Waals surface area (Å²) >= 11 is 0. The van der Waals surface area contributed by atoms with Crippen LogP contribution in [0.1, 0.15) is 37.3 Å². The summed E-state index contributed by atoms with van der Waals surface area (Å²) in [5.74, 6) is 0.0433. The number of pyridine rings is 1. The van der Waals surface area contributed by atoms with Gasteiger partial charge in [-0.2, -0.15) is 9.61 Å². The highest BCUT2D eigenvalue weighted by atomic mass is 32.2. The van der Waals surface area contributed by atoms with Gasteiger partial charge in [-0.25, -0.2) is 13.4 Å². The quantitative estimate of drug-likeness (QED) is 0.344. The number of hydrogen-bond donors (Lipinski definition) is 1. The molecule has 194 valence electrons. The zero-order valence-electron chi connectivity index (χ0n) is 21.0. The number of ether oxygens (including phenoxy) is 2. The van der Waals surface area contributed by atoms with Crippen molar-refractivity contribution in [2.24, 2.45) is 0 Å². The van der Waals surface area contributed by atoms with E-state index < -0.39 is 9.84 Å². The van der Waals surface area contributed by atoms with E-state index in [1.165, 1.54) is 10.8 Å². The summed E-state index contributed by atoms with van der Waals surface area (Å²) in [6.07, 6.45) is 7.92. The van der Waals surface area contributed by atoms with Gasteiger partial charge in [0.1, 0.15) is 10.7 Å². The Kier molecular flexibility index (Phi) is 7.23. The van der Waals surface area contributed by atoms with Crippen LogP contribution in [0.2, 0.25) is 0 Å². The van der Waals surface area contributed by atoms with Gasteiger partial charge in [-0.15, -0.1) is 0 Å². The van der Waals surface area contributed by atoms with Crippen LogP contribution in [0.25, 0.3) is 28.0 Å². The van der Waals surface area contributed by atoms with Crippen LogP contribution in [0.15, 0.2) is 59.8 Å². The largest absolute Gasteiger partial charge is 0.382 e. The molecular formula is C27H31N5O4S. The normalized spacial score (nSPS) is 18.3. The Labute approximate surface area is 216 Å². The molecule has 3 heterocycles. The summed E-state index contributed by atoms with van der Waals surface area (Å²) in [5.41, 5.74) is 10.9. The highest BCUT2D eigenvalue weighted by molar-refractivity contribution is 7.91. The third-order valence-corrected chi connectivity index (χ3v) is 8.04. The molecule has 1 aliphatic carbocycles. The Hall–Kier alpha value is -3.34. The van der Waals surface area contributed by atoms with Crippen LogP contribution in [0.4, 0.5) is 5.82 Å². The van der Waals surface area contributed by atoms with Crippen LogP contribution < -0.4 is 5.73 Å². The fourth-order valence-electron chi connectivity index (χ4n) is 5.01. The van der Waals surface area contributed by atoms with Crippen molar-refractivity contribution in [3.05, 3.63) is 60.6 Å². The molecule has 10 heteroatoms. The zero-order chi connectivity index (χ0) is 26.0. The molecule has 5 rings (SSSR count). The van der Waals surface area contributed by atoms with Crippen LogP contribution in [0, 0.1) is 0 Å². The molecule has 9 nitrogen and oxygen atoms in total. The molecule has 0 amide bonds. The summed E-state index contributed by atoms with van der Waals surface area (Å²) in [6, 6.07) is 13.9. The Morgan fingerprint density at radius 1 is 1.00 bits per heavy atom. The molecule has 2 N–H and O–H groups in total. The van der Waals surface area contributed by atoms with Crippen molar-refractivity contribution in [3.8, 4) is 22.4 Å². The smallest absolute Gasteiger partial charge is 0.180 e. The number of methoxy groups -OCH3 is 1. The van der Waals surface area contributed by atoms with Gasteiger partial charge in [0.05, 0.1) is 36.9 Å². The van der Waals surface area contributed by atoms with Crippen molar-refractivity contribution in [2.75, 3.05) is 32.3 Å². The fraction of sp³-hybridized carbons (Fsp3) is 0.370. The second-order valence-electron chi connectivity index (χ2n) is 9.41. The van der Waals surface area contributed by atoms with Crippen molar-refractivity contribution in [1.82, 2.24) is 19.6 Å². The summed E-state index contributed by atoms with van der Waals surface area (Å²) < 4.78 is 38.1. The van der Waals surface area contributed by atoms with Crippen LogP contribution in [0.3, 0.4) is 0 Å². The molecular weight excluding hydrogens is 490 g/mol. The molecule has 0 atom stereocenters. The van der Waals surface area contributed by atoms with Crippen LogP contribution >= 0.6 is 0 Å². The summed E-state index contributed by atoms with van der Waals surface area (Å²) in [6.45, 7) is 1.10. The standard InChI is InChI=1S/C27H31N5O4S/c1-35-14-15-36-21-11-8-19(9-12-21)24-25(37(2,33)34)26(28)32-27(31-24)22(17-30-32)20-10-13-23(29-16-20)18-6-4-3-5-7-18/h3-7,10,13,16-17,19,21H,8-9,11-12,14-15,28H2,1-2H3. The van der Waals surface area contributed by atoms with Crippen molar-refractivity contribution in [3.63, 3.8) is 0 Å². The number of nitrogens with two attached hydrogens (primary N) is 1. The van der Waals surface area contributed by atoms with E-state index >= 15 is 0 Å². The van der Waals surface area contributed by atoms with E-state index in [9.17, 15) is 8.42 Å². The maximum Gasteiger partial charge on any atom is 0.180 e. The molecule has 1 fully saturated rings. The molecule has 3 aromatic heterocycles. The second kappa shape index (κ2) is 10.6. The predicted molar refractivity (Wildman–Crippen MR) is 142 cm³/mol. The maximum atomic E-state index is 12.8. The van der Waals surface area contributed by atoms with Gasteiger partial charge >= 0.3 is 0 Å². The van der Waals surface area contributed by atoms with Crippen LogP contribution in [-0.4, -0.2) is 60.7 Å². The number of aromatic nitrogens is 4. The van der Waals surface area contributed by atoms with Crippen molar-refractivity contribution < 1.29 is 17.9 Å². The molecule has 0 bridgehead atoms.